The molecule has 0 saturated heterocycles. The Hall–Kier alpha value is -1.18. The van der Waals surface area contributed by atoms with E-state index in [1.54, 1.807) is 0 Å². The fourth-order valence-electron chi connectivity index (χ4n) is 4.47. The molecule has 0 heterocycles. The van der Waals surface area contributed by atoms with Gasteiger partial charge in [0.25, 0.3) is 0 Å². The van der Waals surface area contributed by atoms with Gasteiger partial charge in [-0.15, -0.1) is 0 Å². The predicted molar refractivity (Wildman–Crippen MR) is 99.8 cm³/mol. The summed E-state index contributed by atoms with van der Waals surface area (Å²) in [6, 6.07) is 0. The third-order valence-electron chi connectivity index (χ3n) is 5.82. The minimum Gasteiger partial charge on any atom is -0.299 e. The number of Topliss-reactive ketones (excluding diaryl/α,β-unsaturated/α-hetero) is 2. The van der Waals surface area contributed by atoms with Crippen LogP contribution >= 0.6 is 0 Å². The highest BCUT2D eigenvalue weighted by atomic mass is 16.1. The third-order valence-corrected chi connectivity index (χ3v) is 5.82. The van der Waals surface area contributed by atoms with Crippen molar-refractivity contribution < 1.29 is 9.59 Å². The number of fused-ring (bicyclic) bond motifs is 1. The molecule has 4 atom stereocenters. The van der Waals surface area contributed by atoms with Gasteiger partial charge < -0.3 is 0 Å². The molecule has 24 heavy (non-hydrogen) atoms. The van der Waals surface area contributed by atoms with E-state index in [1.807, 2.05) is 13.8 Å². The maximum atomic E-state index is 12.6. The molecule has 0 aliphatic heterocycles. The molecule has 134 valence electrons. The summed E-state index contributed by atoms with van der Waals surface area (Å²) >= 11 is 0. The molecule has 0 fully saturated rings. The summed E-state index contributed by atoms with van der Waals surface area (Å²) in [5.74, 6) is 0.658. The number of unbranched alkanes of at least 4 members (excludes halogenated alkanes) is 5. The Balaban J connectivity index is 2.02. The van der Waals surface area contributed by atoms with Crippen LogP contribution in [0.4, 0.5) is 0 Å². The second-order valence-corrected chi connectivity index (χ2v) is 7.44. The molecule has 0 spiro atoms. The molecule has 0 aromatic rings. The van der Waals surface area contributed by atoms with Crippen LogP contribution in [0.2, 0.25) is 0 Å². The van der Waals surface area contributed by atoms with Gasteiger partial charge in [-0.05, 0) is 12.8 Å². The number of hydrogen-bond acceptors (Lipinski definition) is 2. The van der Waals surface area contributed by atoms with Gasteiger partial charge in [-0.25, -0.2) is 0 Å². The summed E-state index contributed by atoms with van der Waals surface area (Å²) in [4.78, 5) is 25.0. The molecule has 0 saturated carbocycles. The number of hydrogen-bond donors (Lipinski definition) is 0. The van der Waals surface area contributed by atoms with Gasteiger partial charge in [-0.2, -0.15) is 0 Å². The third kappa shape index (κ3) is 4.26. The zero-order valence-electron chi connectivity index (χ0n) is 15.7. The summed E-state index contributed by atoms with van der Waals surface area (Å²) in [5, 5.41) is 0. The van der Waals surface area contributed by atoms with Gasteiger partial charge in [0.1, 0.15) is 11.6 Å². The van der Waals surface area contributed by atoms with Crippen molar-refractivity contribution in [3.05, 3.63) is 23.8 Å². The monoisotopic (exact) mass is 330 g/mol. The molecule has 0 aromatic carbocycles. The lowest BCUT2D eigenvalue weighted by atomic mass is 9.59. The van der Waals surface area contributed by atoms with Crippen molar-refractivity contribution in [3.8, 4) is 0 Å². The minimum atomic E-state index is -0.106. The standard InChI is InChI=1S/C22H34O2/c1-4-7-8-9-10-11-12-16-15-17-13-14-18(16)22(20(24)6-3)21(17)19(23)5-2/h13-15,17-18,21-22H,4-12H2,1-3H3. The Morgan fingerprint density at radius 2 is 1.46 bits per heavy atom. The highest BCUT2D eigenvalue weighted by Crippen LogP contribution is 2.47. The van der Waals surface area contributed by atoms with Crippen molar-refractivity contribution in [2.45, 2.75) is 78.6 Å². The summed E-state index contributed by atoms with van der Waals surface area (Å²) in [5.41, 5.74) is 1.42. The quantitative estimate of drug-likeness (QED) is 0.361. The first-order chi connectivity index (χ1) is 11.6. The molecule has 2 heteroatoms. The van der Waals surface area contributed by atoms with E-state index in [0.717, 1.165) is 6.42 Å². The van der Waals surface area contributed by atoms with E-state index in [4.69, 9.17) is 0 Å². The van der Waals surface area contributed by atoms with Gasteiger partial charge in [0.05, 0.1) is 0 Å². The number of carbonyl (C=O) groups is 2. The molecule has 3 aliphatic rings. The average Bonchev–Trinajstić information content (AvgIpc) is 2.63. The van der Waals surface area contributed by atoms with Crippen LogP contribution in [0.5, 0.6) is 0 Å². The van der Waals surface area contributed by atoms with E-state index in [9.17, 15) is 9.59 Å². The molecule has 0 N–H and O–H groups in total. The number of allylic oxidation sites excluding steroid dienone is 4. The van der Waals surface area contributed by atoms with E-state index in [-0.39, 0.29) is 35.2 Å². The van der Waals surface area contributed by atoms with E-state index < -0.39 is 0 Å². The second kappa shape index (κ2) is 9.34. The lowest BCUT2D eigenvalue weighted by molar-refractivity contribution is -0.135. The molecule has 3 rings (SSSR count). The minimum absolute atomic E-state index is 0.0995. The van der Waals surface area contributed by atoms with Crippen molar-refractivity contribution in [3.63, 3.8) is 0 Å². The van der Waals surface area contributed by atoms with E-state index in [2.05, 4.69) is 25.2 Å². The maximum absolute atomic E-state index is 12.6. The van der Waals surface area contributed by atoms with Crippen LogP contribution in [0.25, 0.3) is 0 Å². The largest absolute Gasteiger partial charge is 0.299 e. The van der Waals surface area contributed by atoms with Gasteiger partial charge in [-0.3, -0.25) is 9.59 Å². The van der Waals surface area contributed by atoms with Gasteiger partial charge >= 0.3 is 0 Å². The van der Waals surface area contributed by atoms with Gasteiger partial charge in [-0.1, -0.05) is 76.7 Å². The molecule has 2 nitrogen and oxygen atoms in total. The molecule has 0 amide bonds. The first-order valence-corrected chi connectivity index (χ1v) is 10.1. The highest BCUT2D eigenvalue weighted by molar-refractivity contribution is 5.91. The molecular formula is C22H34O2. The molecular weight excluding hydrogens is 296 g/mol. The van der Waals surface area contributed by atoms with Crippen molar-refractivity contribution in [2.75, 3.05) is 0 Å². The van der Waals surface area contributed by atoms with Crippen molar-refractivity contribution in [1.82, 2.24) is 0 Å². The second-order valence-electron chi connectivity index (χ2n) is 7.44. The molecule has 0 radical (unpaired) electrons. The summed E-state index contributed by atoms with van der Waals surface area (Å²) < 4.78 is 0. The maximum Gasteiger partial charge on any atom is 0.137 e. The smallest absolute Gasteiger partial charge is 0.137 e. The summed E-state index contributed by atoms with van der Waals surface area (Å²) in [6.45, 7) is 6.09. The normalized spacial score (nSPS) is 28.0. The first-order valence-electron chi connectivity index (χ1n) is 10.1. The Kier molecular flexibility index (Phi) is 7.45. The highest BCUT2D eigenvalue weighted by Gasteiger charge is 2.46. The van der Waals surface area contributed by atoms with Gasteiger partial charge in [0.2, 0.25) is 0 Å². The topological polar surface area (TPSA) is 34.1 Å². The number of rotatable bonds is 11. The average molecular weight is 331 g/mol. The van der Waals surface area contributed by atoms with E-state index in [0.29, 0.717) is 12.8 Å². The van der Waals surface area contributed by atoms with Crippen LogP contribution in [0.15, 0.2) is 23.8 Å². The van der Waals surface area contributed by atoms with Crippen molar-refractivity contribution in [2.24, 2.45) is 23.7 Å². The van der Waals surface area contributed by atoms with Gasteiger partial charge in [0, 0.05) is 36.5 Å². The SMILES string of the molecule is CCCCCCCCC1=CC2C=CC1C(C(=O)CC)C2C(=O)CC. The molecule has 2 bridgehead atoms. The number of carbonyl (C=O) groups excluding carboxylic acids is 2. The van der Waals surface area contributed by atoms with Crippen LogP contribution in [0, 0.1) is 23.7 Å². The van der Waals surface area contributed by atoms with E-state index >= 15 is 0 Å². The molecule has 0 aromatic heterocycles. The zero-order valence-corrected chi connectivity index (χ0v) is 15.7. The van der Waals surface area contributed by atoms with Crippen LogP contribution in [-0.4, -0.2) is 11.6 Å². The summed E-state index contributed by atoms with van der Waals surface area (Å²) in [6.07, 6.45) is 16.7. The van der Waals surface area contributed by atoms with Crippen LogP contribution < -0.4 is 0 Å². The zero-order chi connectivity index (χ0) is 17.5. The van der Waals surface area contributed by atoms with Crippen LogP contribution in [0.1, 0.15) is 78.6 Å². The van der Waals surface area contributed by atoms with E-state index in [1.165, 1.54) is 44.1 Å². The van der Waals surface area contributed by atoms with Crippen LogP contribution in [0.3, 0.4) is 0 Å². The first kappa shape index (κ1) is 19.1. The Bertz CT molecular complexity index is 500. The number of ketones is 2. The van der Waals surface area contributed by atoms with Gasteiger partial charge in [0.15, 0.2) is 0 Å². The Labute approximate surface area is 147 Å². The lowest BCUT2D eigenvalue weighted by Gasteiger charge is -2.43. The fraction of sp³-hybridized carbons (Fsp3) is 0.727. The van der Waals surface area contributed by atoms with Crippen molar-refractivity contribution >= 4 is 11.6 Å². The fourth-order valence-corrected chi connectivity index (χ4v) is 4.47. The summed E-state index contributed by atoms with van der Waals surface area (Å²) in [7, 11) is 0. The van der Waals surface area contributed by atoms with Crippen LogP contribution in [-0.2, 0) is 9.59 Å². The Morgan fingerprint density at radius 3 is 2.12 bits per heavy atom. The van der Waals surface area contributed by atoms with Crippen molar-refractivity contribution in [1.29, 1.82) is 0 Å². The predicted octanol–water partition coefficient (Wildman–Crippen LogP) is 5.67. The lowest BCUT2D eigenvalue weighted by Crippen LogP contribution is -2.44. The molecule has 4 unspecified atom stereocenters. The molecule has 3 aliphatic carbocycles. The Morgan fingerprint density at radius 1 is 0.833 bits per heavy atom.